The number of ether oxygens (including phenoxy) is 3. The van der Waals surface area contributed by atoms with Gasteiger partial charge in [-0.15, -0.1) is 0 Å². The Labute approximate surface area is 89.5 Å². The van der Waals surface area contributed by atoms with Crippen molar-refractivity contribution in [1.82, 2.24) is 5.32 Å². The number of carbonyl (C=O) groups is 1. The Morgan fingerprint density at radius 2 is 2.07 bits per heavy atom. The van der Waals surface area contributed by atoms with Gasteiger partial charge in [0.25, 0.3) is 0 Å². The van der Waals surface area contributed by atoms with Gasteiger partial charge in [0.05, 0.1) is 32.5 Å². The first-order chi connectivity index (χ1) is 7.24. The molecule has 0 aliphatic heterocycles. The smallest absolute Gasteiger partial charge is 0.246 e. The van der Waals surface area contributed by atoms with Gasteiger partial charge in [0.15, 0.2) is 0 Å². The maximum Gasteiger partial charge on any atom is 0.246 e. The fourth-order valence-corrected chi connectivity index (χ4v) is 0.918. The van der Waals surface area contributed by atoms with Crippen molar-refractivity contribution in [2.24, 2.45) is 0 Å². The molecule has 0 heterocycles. The first-order valence-corrected chi connectivity index (χ1v) is 4.70. The molecule has 0 rings (SSSR count). The zero-order chi connectivity index (χ0) is 11.5. The third-order valence-corrected chi connectivity index (χ3v) is 1.62. The molecule has 0 radical (unpaired) electrons. The Morgan fingerprint density at radius 1 is 1.33 bits per heavy atom. The normalized spacial score (nSPS) is 12.5. The highest BCUT2D eigenvalue weighted by molar-refractivity contribution is 5.77. The molecule has 0 saturated heterocycles. The Hall–Kier alpha value is -0.690. The van der Waals surface area contributed by atoms with Crippen LogP contribution in [0.15, 0.2) is 0 Å². The summed E-state index contributed by atoms with van der Waals surface area (Å²) < 4.78 is 14.6. The molecule has 1 amide bonds. The molecule has 0 bridgehead atoms. The molecule has 0 spiro atoms. The lowest BCUT2D eigenvalue weighted by Gasteiger charge is -2.14. The average molecular weight is 221 g/mol. The average Bonchev–Trinajstić information content (AvgIpc) is 2.24. The van der Waals surface area contributed by atoms with E-state index in [4.69, 9.17) is 19.3 Å². The molecule has 6 heteroatoms. The van der Waals surface area contributed by atoms with Gasteiger partial charge >= 0.3 is 0 Å². The van der Waals surface area contributed by atoms with Crippen LogP contribution in [0.1, 0.15) is 0 Å². The van der Waals surface area contributed by atoms with Gasteiger partial charge in [-0.1, -0.05) is 0 Å². The van der Waals surface area contributed by atoms with Gasteiger partial charge < -0.3 is 24.6 Å². The Morgan fingerprint density at radius 3 is 2.60 bits per heavy atom. The minimum Gasteiger partial charge on any atom is -0.394 e. The van der Waals surface area contributed by atoms with Crippen LogP contribution in [0.2, 0.25) is 0 Å². The lowest BCUT2D eigenvalue weighted by molar-refractivity contribution is -0.127. The molecule has 0 fully saturated rings. The van der Waals surface area contributed by atoms with Crippen LogP contribution >= 0.6 is 0 Å². The number of aliphatic hydroxyl groups is 1. The van der Waals surface area contributed by atoms with E-state index in [2.05, 4.69) is 5.32 Å². The summed E-state index contributed by atoms with van der Waals surface area (Å²) in [5, 5.41) is 11.4. The van der Waals surface area contributed by atoms with Crippen LogP contribution < -0.4 is 5.32 Å². The number of carbonyl (C=O) groups excluding carboxylic acids is 1. The number of aliphatic hydroxyl groups excluding tert-OH is 1. The molecular weight excluding hydrogens is 202 g/mol. The molecule has 0 saturated carbocycles. The summed E-state index contributed by atoms with van der Waals surface area (Å²) in [5.74, 6) is -0.276. The van der Waals surface area contributed by atoms with Gasteiger partial charge in [-0.3, -0.25) is 4.79 Å². The van der Waals surface area contributed by atoms with Crippen LogP contribution in [0.3, 0.4) is 0 Å². The number of hydrogen-bond acceptors (Lipinski definition) is 5. The van der Waals surface area contributed by atoms with Crippen molar-refractivity contribution in [2.45, 2.75) is 6.04 Å². The highest BCUT2D eigenvalue weighted by Gasteiger charge is 2.10. The summed E-state index contributed by atoms with van der Waals surface area (Å²) in [5.41, 5.74) is 0. The van der Waals surface area contributed by atoms with Gasteiger partial charge in [0.2, 0.25) is 5.91 Å². The summed E-state index contributed by atoms with van der Waals surface area (Å²) in [7, 11) is 3.06. The third kappa shape index (κ3) is 8.31. The van der Waals surface area contributed by atoms with E-state index < -0.39 is 0 Å². The first kappa shape index (κ1) is 14.3. The van der Waals surface area contributed by atoms with Crippen LogP contribution in [0.5, 0.6) is 0 Å². The number of hydrogen-bond donors (Lipinski definition) is 2. The molecule has 90 valence electrons. The largest absolute Gasteiger partial charge is 0.394 e. The van der Waals surface area contributed by atoms with Crippen LogP contribution in [-0.4, -0.2) is 64.3 Å². The second kappa shape index (κ2) is 9.85. The van der Waals surface area contributed by atoms with E-state index in [0.29, 0.717) is 13.2 Å². The van der Waals surface area contributed by atoms with E-state index in [1.165, 1.54) is 7.11 Å². The quantitative estimate of drug-likeness (QED) is 0.477. The van der Waals surface area contributed by atoms with Crippen molar-refractivity contribution < 1.29 is 24.1 Å². The summed E-state index contributed by atoms with van der Waals surface area (Å²) in [6.07, 6.45) is 0. The molecule has 6 nitrogen and oxygen atoms in total. The SMILES string of the molecule is COCCOCC(=O)NC(CO)COC. The van der Waals surface area contributed by atoms with Crippen molar-refractivity contribution in [3.63, 3.8) is 0 Å². The van der Waals surface area contributed by atoms with Crippen molar-refractivity contribution in [1.29, 1.82) is 0 Å². The Kier molecular flexibility index (Phi) is 9.40. The molecule has 15 heavy (non-hydrogen) atoms. The highest BCUT2D eigenvalue weighted by Crippen LogP contribution is 1.84. The molecule has 0 aromatic heterocycles. The monoisotopic (exact) mass is 221 g/mol. The second-order valence-corrected chi connectivity index (χ2v) is 2.95. The predicted octanol–water partition coefficient (Wildman–Crippen LogP) is -1.23. The molecular formula is C9H19NO5. The van der Waals surface area contributed by atoms with E-state index in [-0.39, 0.29) is 31.8 Å². The number of rotatable bonds is 9. The van der Waals surface area contributed by atoms with Gasteiger partial charge in [-0.25, -0.2) is 0 Å². The van der Waals surface area contributed by atoms with Crippen molar-refractivity contribution in [2.75, 3.05) is 47.3 Å². The van der Waals surface area contributed by atoms with E-state index in [0.717, 1.165) is 0 Å². The predicted molar refractivity (Wildman–Crippen MR) is 53.6 cm³/mol. The Bertz CT molecular complexity index is 165. The fourth-order valence-electron chi connectivity index (χ4n) is 0.918. The molecule has 0 aromatic carbocycles. The van der Waals surface area contributed by atoms with Crippen LogP contribution in [0, 0.1) is 0 Å². The van der Waals surface area contributed by atoms with E-state index in [9.17, 15) is 4.79 Å². The van der Waals surface area contributed by atoms with Crippen molar-refractivity contribution >= 4 is 5.91 Å². The van der Waals surface area contributed by atoms with E-state index in [1.807, 2.05) is 0 Å². The van der Waals surface area contributed by atoms with Crippen molar-refractivity contribution in [3.05, 3.63) is 0 Å². The van der Waals surface area contributed by atoms with Gasteiger partial charge in [-0.2, -0.15) is 0 Å². The standard InChI is InChI=1S/C9H19NO5/c1-13-3-4-15-7-9(12)10-8(5-11)6-14-2/h8,11H,3-7H2,1-2H3,(H,10,12). The molecule has 0 aliphatic rings. The lowest BCUT2D eigenvalue weighted by Crippen LogP contribution is -2.42. The Balaban J connectivity index is 3.52. The molecule has 2 N–H and O–H groups in total. The summed E-state index contributed by atoms with van der Waals surface area (Å²) in [4.78, 5) is 11.2. The summed E-state index contributed by atoms with van der Waals surface area (Å²) >= 11 is 0. The maximum absolute atomic E-state index is 11.2. The van der Waals surface area contributed by atoms with Crippen molar-refractivity contribution in [3.8, 4) is 0 Å². The minimum atomic E-state index is -0.381. The van der Waals surface area contributed by atoms with Crippen LogP contribution in [-0.2, 0) is 19.0 Å². The van der Waals surface area contributed by atoms with Crippen LogP contribution in [0.4, 0.5) is 0 Å². The second-order valence-electron chi connectivity index (χ2n) is 2.95. The molecule has 0 aromatic rings. The summed E-state index contributed by atoms with van der Waals surface area (Å²) in [6, 6.07) is -0.381. The number of nitrogens with one attached hydrogen (secondary N) is 1. The first-order valence-electron chi connectivity index (χ1n) is 4.70. The highest BCUT2D eigenvalue weighted by atomic mass is 16.5. The number of methoxy groups -OCH3 is 2. The zero-order valence-electron chi connectivity index (χ0n) is 9.19. The van der Waals surface area contributed by atoms with Gasteiger partial charge in [0, 0.05) is 14.2 Å². The van der Waals surface area contributed by atoms with Gasteiger partial charge in [0.1, 0.15) is 6.61 Å². The topological polar surface area (TPSA) is 77.0 Å². The zero-order valence-corrected chi connectivity index (χ0v) is 9.19. The van der Waals surface area contributed by atoms with E-state index >= 15 is 0 Å². The molecule has 0 aliphatic carbocycles. The molecule has 1 atom stereocenters. The fraction of sp³-hybridized carbons (Fsp3) is 0.889. The minimum absolute atomic E-state index is 0.0381. The van der Waals surface area contributed by atoms with Crippen LogP contribution in [0.25, 0.3) is 0 Å². The molecule has 1 unspecified atom stereocenters. The van der Waals surface area contributed by atoms with E-state index in [1.54, 1.807) is 7.11 Å². The maximum atomic E-state index is 11.2. The van der Waals surface area contributed by atoms with Gasteiger partial charge in [-0.05, 0) is 0 Å². The third-order valence-electron chi connectivity index (χ3n) is 1.62. The lowest BCUT2D eigenvalue weighted by atomic mass is 10.3. The number of amides is 1. The summed E-state index contributed by atoms with van der Waals surface area (Å²) in [6.45, 7) is 0.911.